The molecule has 1 saturated carbocycles. The van der Waals surface area contributed by atoms with Crippen molar-refractivity contribution in [2.45, 2.75) is 63.5 Å². The minimum absolute atomic E-state index is 0.0480. The summed E-state index contributed by atoms with van der Waals surface area (Å²) in [5.74, 6) is -0.784. The summed E-state index contributed by atoms with van der Waals surface area (Å²) in [6.45, 7) is 2.32. The van der Waals surface area contributed by atoms with Crippen LogP contribution in [0.15, 0.2) is 18.2 Å². The lowest BCUT2D eigenvalue weighted by Crippen LogP contribution is -2.53. The van der Waals surface area contributed by atoms with Crippen molar-refractivity contribution in [3.8, 4) is 0 Å². The van der Waals surface area contributed by atoms with Crippen molar-refractivity contribution in [3.63, 3.8) is 0 Å². The highest BCUT2D eigenvalue weighted by Crippen LogP contribution is 2.32. The molecule has 0 radical (unpaired) electrons. The van der Waals surface area contributed by atoms with Crippen molar-refractivity contribution in [1.82, 2.24) is 5.32 Å². The fourth-order valence-corrected chi connectivity index (χ4v) is 3.92. The molecule has 1 heterocycles. The van der Waals surface area contributed by atoms with Crippen LogP contribution in [0.1, 0.15) is 50.5 Å². The molecule has 1 saturated heterocycles. The van der Waals surface area contributed by atoms with E-state index in [1.54, 1.807) is 17.9 Å². The minimum Gasteiger partial charge on any atom is -0.389 e. The minimum atomic E-state index is -0.922. The standard InChI is InChI=1S/C19H25FN2O3/c1-13-11-14(20)6-7-16(13)22-10-4-5-15(18(22)24)21-17(23)12-19(25)8-2-3-9-19/h6-7,11,15,25H,2-5,8-10,12H2,1H3,(H,21,23). The molecular formula is C19H25FN2O3. The molecule has 1 unspecified atom stereocenters. The Balaban J connectivity index is 1.66. The molecule has 5 nitrogen and oxygen atoms in total. The first-order chi connectivity index (χ1) is 11.9. The smallest absolute Gasteiger partial charge is 0.249 e. The molecule has 1 aliphatic carbocycles. The van der Waals surface area contributed by atoms with Crippen LogP contribution in [-0.4, -0.2) is 35.1 Å². The average Bonchev–Trinajstić information content (AvgIpc) is 2.96. The molecule has 2 fully saturated rings. The highest BCUT2D eigenvalue weighted by atomic mass is 19.1. The Morgan fingerprint density at radius 2 is 2.08 bits per heavy atom. The number of hydrogen-bond acceptors (Lipinski definition) is 3. The molecule has 1 aromatic rings. The van der Waals surface area contributed by atoms with Gasteiger partial charge in [0.1, 0.15) is 11.9 Å². The summed E-state index contributed by atoms with van der Waals surface area (Å²) in [7, 11) is 0. The number of anilines is 1. The predicted octanol–water partition coefficient (Wildman–Crippen LogP) is 2.44. The van der Waals surface area contributed by atoms with Crippen LogP contribution in [0.5, 0.6) is 0 Å². The lowest BCUT2D eigenvalue weighted by atomic mass is 9.96. The Bertz CT molecular complexity index is 671. The summed E-state index contributed by atoms with van der Waals surface area (Å²) in [5.41, 5.74) is 0.454. The maximum Gasteiger partial charge on any atom is 0.249 e. The Kier molecular flexibility index (Phi) is 5.08. The number of aliphatic hydroxyl groups is 1. The number of halogens is 1. The van der Waals surface area contributed by atoms with Gasteiger partial charge in [0.15, 0.2) is 0 Å². The zero-order chi connectivity index (χ0) is 18.0. The molecule has 0 spiro atoms. The first-order valence-corrected chi connectivity index (χ1v) is 8.97. The number of rotatable bonds is 4. The van der Waals surface area contributed by atoms with Gasteiger partial charge in [-0.05, 0) is 56.4 Å². The first-order valence-electron chi connectivity index (χ1n) is 8.97. The third-order valence-corrected chi connectivity index (χ3v) is 5.25. The van der Waals surface area contributed by atoms with Gasteiger partial charge in [0, 0.05) is 12.2 Å². The normalized spacial score (nSPS) is 22.9. The summed E-state index contributed by atoms with van der Waals surface area (Å²) >= 11 is 0. The second-order valence-electron chi connectivity index (χ2n) is 7.29. The number of carbonyl (C=O) groups is 2. The number of amides is 2. The molecule has 1 aromatic carbocycles. The zero-order valence-electron chi connectivity index (χ0n) is 14.6. The summed E-state index contributed by atoms with van der Waals surface area (Å²) in [4.78, 5) is 26.7. The van der Waals surface area contributed by atoms with E-state index < -0.39 is 11.6 Å². The van der Waals surface area contributed by atoms with Crippen LogP contribution in [0.25, 0.3) is 0 Å². The van der Waals surface area contributed by atoms with E-state index in [0.29, 0.717) is 37.1 Å². The van der Waals surface area contributed by atoms with Crippen molar-refractivity contribution in [2.24, 2.45) is 0 Å². The van der Waals surface area contributed by atoms with E-state index in [9.17, 15) is 19.1 Å². The van der Waals surface area contributed by atoms with Crippen molar-refractivity contribution < 1.29 is 19.1 Å². The SMILES string of the molecule is Cc1cc(F)ccc1N1CCCC(NC(=O)CC2(O)CCCC2)C1=O. The van der Waals surface area contributed by atoms with Gasteiger partial charge in [0.25, 0.3) is 0 Å². The summed E-state index contributed by atoms with van der Waals surface area (Å²) in [6, 6.07) is 3.76. The van der Waals surface area contributed by atoms with E-state index in [0.717, 1.165) is 19.3 Å². The van der Waals surface area contributed by atoms with Gasteiger partial charge in [-0.3, -0.25) is 9.59 Å². The number of carbonyl (C=O) groups excluding carboxylic acids is 2. The largest absolute Gasteiger partial charge is 0.389 e. The van der Waals surface area contributed by atoms with Gasteiger partial charge < -0.3 is 15.3 Å². The first kappa shape index (κ1) is 17.9. The summed E-state index contributed by atoms with van der Waals surface area (Å²) in [6.07, 6.45) is 4.54. The third kappa shape index (κ3) is 4.00. The Morgan fingerprint density at radius 1 is 1.36 bits per heavy atom. The molecule has 0 aromatic heterocycles. The predicted molar refractivity (Wildman–Crippen MR) is 92.7 cm³/mol. The Hall–Kier alpha value is -1.95. The molecule has 2 aliphatic rings. The highest BCUT2D eigenvalue weighted by Gasteiger charge is 2.36. The molecule has 6 heteroatoms. The molecule has 1 aliphatic heterocycles. The van der Waals surface area contributed by atoms with E-state index in [-0.39, 0.29) is 24.1 Å². The van der Waals surface area contributed by atoms with Gasteiger partial charge in [-0.25, -0.2) is 4.39 Å². The quantitative estimate of drug-likeness (QED) is 0.878. The molecule has 136 valence electrons. The lowest BCUT2D eigenvalue weighted by Gasteiger charge is -2.34. The third-order valence-electron chi connectivity index (χ3n) is 5.25. The van der Waals surface area contributed by atoms with Crippen LogP contribution < -0.4 is 10.2 Å². The van der Waals surface area contributed by atoms with Crippen LogP contribution in [0, 0.1) is 12.7 Å². The summed E-state index contributed by atoms with van der Waals surface area (Å²) < 4.78 is 13.3. The van der Waals surface area contributed by atoms with Crippen LogP contribution in [-0.2, 0) is 9.59 Å². The van der Waals surface area contributed by atoms with E-state index >= 15 is 0 Å². The van der Waals surface area contributed by atoms with E-state index in [1.807, 2.05) is 0 Å². The fraction of sp³-hybridized carbons (Fsp3) is 0.579. The highest BCUT2D eigenvalue weighted by molar-refractivity contribution is 6.00. The van der Waals surface area contributed by atoms with E-state index in [4.69, 9.17) is 0 Å². The van der Waals surface area contributed by atoms with Gasteiger partial charge >= 0.3 is 0 Å². The van der Waals surface area contributed by atoms with Crippen LogP contribution in [0.4, 0.5) is 10.1 Å². The van der Waals surface area contributed by atoms with Crippen molar-refractivity contribution in [2.75, 3.05) is 11.4 Å². The van der Waals surface area contributed by atoms with Gasteiger partial charge in [-0.15, -0.1) is 0 Å². The topological polar surface area (TPSA) is 69.6 Å². The number of aryl methyl sites for hydroxylation is 1. The lowest BCUT2D eigenvalue weighted by molar-refractivity contribution is -0.131. The van der Waals surface area contributed by atoms with Crippen molar-refractivity contribution in [1.29, 1.82) is 0 Å². The van der Waals surface area contributed by atoms with Crippen LogP contribution in [0.2, 0.25) is 0 Å². The summed E-state index contributed by atoms with van der Waals surface area (Å²) in [5, 5.41) is 13.1. The fourth-order valence-electron chi connectivity index (χ4n) is 3.92. The second kappa shape index (κ2) is 7.12. The van der Waals surface area contributed by atoms with E-state index in [1.165, 1.54) is 12.1 Å². The van der Waals surface area contributed by atoms with E-state index in [2.05, 4.69) is 5.32 Å². The zero-order valence-corrected chi connectivity index (χ0v) is 14.6. The van der Waals surface area contributed by atoms with Gasteiger partial charge in [-0.2, -0.15) is 0 Å². The molecule has 2 N–H and O–H groups in total. The Morgan fingerprint density at radius 3 is 2.76 bits per heavy atom. The Labute approximate surface area is 147 Å². The molecular weight excluding hydrogens is 323 g/mol. The molecule has 2 amide bonds. The number of piperidine rings is 1. The molecule has 3 rings (SSSR count). The molecule has 1 atom stereocenters. The second-order valence-corrected chi connectivity index (χ2v) is 7.29. The monoisotopic (exact) mass is 348 g/mol. The van der Waals surface area contributed by atoms with Gasteiger partial charge in [-0.1, -0.05) is 12.8 Å². The maximum atomic E-state index is 13.3. The molecule has 25 heavy (non-hydrogen) atoms. The number of nitrogens with zero attached hydrogens (tertiary/aromatic N) is 1. The van der Waals surface area contributed by atoms with Crippen molar-refractivity contribution >= 4 is 17.5 Å². The van der Waals surface area contributed by atoms with Crippen molar-refractivity contribution in [3.05, 3.63) is 29.6 Å². The van der Waals surface area contributed by atoms with Gasteiger partial charge in [0.2, 0.25) is 11.8 Å². The van der Waals surface area contributed by atoms with Gasteiger partial charge in [0.05, 0.1) is 12.0 Å². The number of benzene rings is 1. The van der Waals surface area contributed by atoms with Crippen LogP contribution >= 0.6 is 0 Å². The average molecular weight is 348 g/mol. The number of nitrogens with one attached hydrogen (secondary N) is 1. The number of hydrogen-bond donors (Lipinski definition) is 2. The molecule has 0 bridgehead atoms. The maximum absolute atomic E-state index is 13.3. The van der Waals surface area contributed by atoms with Crippen LogP contribution in [0.3, 0.4) is 0 Å².